The van der Waals surface area contributed by atoms with Crippen LogP contribution in [-0.4, -0.2) is 47.3 Å². The van der Waals surface area contributed by atoms with E-state index in [2.05, 4.69) is 6.92 Å². The van der Waals surface area contributed by atoms with Gasteiger partial charge in [-0.25, -0.2) is 0 Å². The summed E-state index contributed by atoms with van der Waals surface area (Å²) in [6.45, 7) is 4.59. The number of amides is 2. The predicted molar refractivity (Wildman–Crippen MR) is 72.4 cm³/mol. The topological polar surface area (TPSA) is 40.6 Å². The predicted octanol–water partition coefficient (Wildman–Crippen LogP) is 1.65. The molecule has 0 aromatic rings. The largest absolute Gasteiger partial charge is 0.340 e. The quantitative estimate of drug-likeness (QED) is 0.761. The molecule has 4 nitrogen and oxygen atoms in total. The van der Waals surface area contributed by atoms with Crippen molar-refractivity contribution in [2.75, 3.05) is 19.6 Å². The lowest BCUT2D eigenvalue weighted by atomic mass is 10.0. The number of carbonyl (C=O) groups is 2. The van der Waals surface area contributed by atoms with E-state index in [9.17, 15) is 9.59 Å². The van der Waals surface area contributed by atoms with Crippen LogP contribution in [0.3, 0.4) is 0 Å². The molecule has 0 aromatic heterocycles. The average Bonchev–Trinajstić information content (AvgIpc) is 2.99. The first kappa shape index (κ1) is 12.9. The Morgan fingerprint density at radius 2 is 2.00 bits per heavy atom. The molecule has 2 heterocycles. The summed E-state index contributed by atoms with van der Waals surface area (Å²) in [5.41, 5.74) is 0. The zero-order chi connectivity index (χ0) is 13.4. The number of nitrogens with zero attached hydrogens (tertiary/aromatic N) is 2. The van der Waals surface area contributed by atoms with Crippen molar-refractivity contribution in [1.82, 2.24) is 9.80 Å². The van der Waals surface area contributed by atoms with Crippen LogP contribution in [0.4, 0.5) is 0 Å². The molecule has 3 atom stereocenters. The van der Waals surface area contributed by atoms with Gasteiger partial charge in [-0.2, -0.15) is 0 Å². The number of hydrogen-bond acceptors (Lipinski definition) is 2. The average molecular weight is 264 g/mol. The third-order valence-corrected chi connectivity index (χ3v) is 5.05. The highest BCUT2D eigenvalue weighted by Crippen LogP contribution is 2.32. The minimum Gasteiger partial charge on any atom is -0.340 e. The second-order valence-corrected chi connectivity index (χ2v) is 6.56. The molecule has 3 unspecified atom stereocenters. The van der Waals surface area contributed by atoms with Crippen molar-refractivity contribution >= 4 is 11.8 Å². The van der Waals surface area contributed by atoms with Crippen LogP contribution in [0.25, 0.3) is 0 Å². The Kier molecular flexibility index (Phi) is 3.50. The van der Waals surface area contributed by atoms with Gasteiger partial charge in [-0.3, -0.25) is 9.59 Å². The molecular weight excluding hydrogens is 240 g/mol. The highest BCUT2D eigenvalue weighted by atomic mass is 16.2. The first-order valence-electron chi connectivity index (χ1n) is 7.73. The van der Waals surface area contributed by atoms with Crippen molar-refractivity contribution in [3.05, 3.63) is 0 Å². The highest BCUT2D eigenvalue weighted by molar-refractivity contribution is 5.90. The lowest BCUT2D eigenvalue weighted by Gasteiger charge is -2.27. The smallest absolute Gasteiger partial charge is 0.245 e. The van der Waals surface area contributed by atoms with Crippen LogP contribution in [0.15, 0.2) is 0 Å². The van der Waals surface area contributed by atoms with E-state index in [0.717, 1.165) is 31.8 Å². The van der Waals surface area contributed by atoms with Crippen LogP contribution in [0.1, 0.15) is 45.4 Å². The van der Waals surface area contributed by atoms with E-state index in [1.165, 1.54) is 19.3 Å². The molecule has 2 aliphatic heterocycles. The van der Waals surface area contributed by atoms with Gasteiger partial charge in [0.05, 0.1) is 0 Å². The van der Waals surface area contributed by atoms with Gasteiger partial charge in [-0.15, -0.1) is 0 Å². The maximum atomic E-state index is 12.6. The molecule has 4 heteroatoms. The van der Waals surface area contributed by atoms with Gasteiger partial charge in [-0.05, 0) is 37.5 Å². The SMILES string of the molecule is CC1CCC(CN2CCC(=O)N3CCCC3C2=O)C1. The first-order valence-corrected chi connectivity index (χ1v) is 7.73. The van der Waals surface area contributed by atoms with Gasteiger partial charge in [0.15, 0.2) is 0 Å². The van der Waals surface area contributed by atoms with Crippen molar-refractivity contribution in [3.63, 3.8) is 0 Å². The highest BCUT2D eigenvalue weighted by Gasteiger charge is 2.39. The number of rotatable bonds is 2. The standard InChI is InChI=1S/C15H24N2O2/c1-11-4-5-12(9-11)10-16-8-6-14(18)17-7-2-3-13(17)15(16)19/h11-13H,2-10H2,1H3. The normalized spacial score (nSPS) is 35.7. The van der Waals surface area contributed by atoms with E-state index in [1.54, 1.807) is 0 Å². The fraction of sp³-hybridized carbons (Fsp3) is 0.867. The minimum atomic E-state index is -0.145. The second kappa shape index (κ2) is 5.14. The number of hydrogen-bond donors (Lipinski definition) is 0. The lowest BCUT2D eigenvalue weighted by Crippen LogP contribution is -2.44. The van der Waals surface area contributed by atoms with Gasteiger partial charge in [0, 0.05) is 26.1 Å². The van der Waals surface area contributed by atoms with E-state index in [4.69, 9.17) is 0 Å². The minimum absolute atomic E-state index is 0.145. The number of fused-ring (bicyclic) bond motifs is 1. The molecule has 0 bridgehead atoms. The molecule has 0 N–H and O–H groups in total. The fourth-order valence-corrected chi connectivity index (χ4v) is 4.00. The lowest BCUT2D eigenvalue weighted by molar-refractivity contribution is -0.139. The molecule has 3 aliphatic rings. The Morgan fingerprint density at radius 1 is 1.16 bits per heavy atom. The van der Waals surface area contributed by atoms with Crippen LogP contribution >= 0.6 is 0 Å². The van der Waals surface area contributed by atoms with E-state index in [1.807, 2.05) is 9.80 Å². The third-order valence-electron chi connectivity index (χ3n) is 5.05. The molecule has 106 valence electrons. The molecule has 1 saturated carbocycles. The first-order chi connectivity index (χ1) is 9.15. The monoisotopic (exact) mass is 264 g/mol. The molecular formula is C15H24N2O2. The summed E-state index contributed by atoms with van der Waals surface area (Å²) in [6.07, 6.45) is 6.14. The molecule has 0 spiro atoms. The molecule has 2 saturated heterocycles. The zero-order valence-corrected chi connectivity index (χ0v) is 11.8. The maximum Gasteiger partial charge on any atom is 0.245 e. The Labute approximate surface area is 115 Å². The summed E-state index contributed by atoms with van der Waals surface area (Å²) in [5.74, 6) is 1.85. The Balaban J connectivity index is 1.68. The summed E-state index contributed by atoms with van der Waals surface area (Å²) >= 11 is 0. The Hall–Kier alpha value is -1.06. The Morgan fingerprint density at radius 3 is 2.74 bits per heavy atom. The van der Waals surface area contributed by atoms with Crippen molar-refractivity contribution in [3.8, 4) is 0 Å². The van der Waals surface area contributed by atoms with Crippen molar-refractivity contribution < 1.29 is 9.59 Å². The Bertz CT molecular complexity index is 382. The van der Waals surface area contributed by atoms with Crippen molar-refractivity contribution in [1.29, 1.82) is 0 Å². The summed E-state index contributed by atoms with van der Waals surface area (Å²) in [5, 5.41) is 0. The van der Waals surface area contributed by atoms with E-state index in [-0.39, 0.29) is 17.9 Å². The van der Waals surface area contributed by atoms with E-state index >= 15 is 0 Å². The number of carbonyl (C=O) groups excluding carboxylic acids is 2. The summed E-state index contributed by atoms with van der Waals surface area (Å²) in [6, 6.07) is -0.145. The van der Waals surface area contributed by atoms with Gasteiger partial charge in [0.1, 0.15) is 6.04 Å². The molecule has 0 aromatic carbocycles. The fourth-order valence-electron chi connectivity index (χ4n) is 4.00. The molecule has 1 aliphatic carbocycles. The van der Waals surface area contributed by atoms with Gasteiger partial charge in [0.2, 0.25) is 11.8 Å². The van der Waals surface area contributed by atoms with Crippen LogP contribution in [0.5, 0.6) is 0 Å². The molecule has 0 radical (unpaired) electrons. The van der Waals surface area contributed by atoms with Crippen molar-refractivity contribution in [2.45, 2.75) is 51.5 Å². The van der Waals surface area contributed by atoms with Gasteiger partial charge in [0.25, 0.3) is 0 Å². The maximum absolute atomic E-state index is 12.6. The molecule has 19 heavy (non-hydrogen) atoms. The summed E-state index contributed by atoms with van der Waals surface area (Å²) in [4.78, 5) is 28.4. The van der Waals surface area contributed by atoms with Crippen molar-refractivity contribution in [2.24, 2.45) is 11.8 Å². The van der Waals surface area contributed by atoms with E-state index in [0.29, 0.717) is 18.9 Å². The summed E-state index contributed by atoms with van der Waals surface area (Å²) < 4.78 is 0. The van der Waals surface area contributed by atoms with Crippen LogP contribution < -0.4 is 0 Å². The second-order valence-electron chi connectivity index (χ2n) is 6.56. The van der Waals surface area contributed by atoms with Gasteiger partial charge in [-0.1, -0.05) is 13.3 Å². The van der Waals surface area contributed by atoms with Crippen LogP contribution in [0, 0.1) is 11.8 Å². The summed E-state index contributed by atoms with van der Waals surface area (Å²) in [7, 11) is 0. The van der Waals surface area contributed by atoms with Crippen LogP contribution in [-0.2, 0) is 9.59 Å². The van der Waals surface area contributed by atoms with Crippen LogP contribution in [0.2, 0.25) is 0 Å². The third kappa shape index (κ3) is 2.49. The molecule has 3 rings (SSSR count). The van der Waals surface area contributed by atoms with Gasteiger partial charge < -0.3 is 9.80 Å². The molecule has 3 fully saturated rings. The van der Waals surface area contributed by atoms with E-state index < -0.39 is 0 Å². The van der Waals surface area contributed by atoms with Gasteiger partial charge >= 0.3 is 0 Å². The zero-order valence-electron chi connectivity index (χ0n) is 11.8. The molecule has 2 amide bonds.